The highest BCUT2D eigenvalue weighted by atomic mass is 79.9. The van der Waals surface area contributed by atoms with Crippen LogP contribution in [-0.4, -0.2) is 37.0 Å². The van der Waals surface area contributed by atoms with E-state index in [1.165, 1.54) is 11.1 Å². The summed E-state index contributed by atoms with van der Waals surface area (Å²) in [6.45, 7) is 4.07. The Kier molecular flexibility index (Phi) is 7.09. The average Bonchev–Trinajstić information content (AvgIpc) is 2.68. The van der Waals surface area contributed by atoms with Crippen LogP contribution >= 0.6 is 15.9 Å². The monoisotopic (exact) mass is 414 g/mol. The van der Waals surface area contributed by atoms with Crippen molar-refractivity contribution < 1.29 is 0 Å². The molecule has 1 fully saturated rings. The molecule has 0 aliphatic carbocycles. The summed E-state index contributed by atoms with van der Waals surface area (Å²) in [5.74, 6) is 0.884. The van der Waals surface area contributed by atoms with Gasteiger partial charge >= 0.3 is 0 Å². The minimum Gasteiger partial charge on any atom is -0.354 e. The molecular weight excluding hydrogens is 388 g/mol. The Morgan fingerprint density at radius 1 is 1.04 bits per heavy atom. The molecule has 2 aromatic carbocycles. The predicted molar refractivity (Wildman–Crippen MR) is 112 cm³/mol. The van der Waals surface area contributed by atoms with Gasteiger partial charge in [-0.1, -0.05) is 58.4 Å². The number of hydrogen-bond acceptors (Lipinski definition) is 2. The van der Waals surface area contributed by atoms with E-state index < -0.39 is 0 Å². The zero-order valence-corrected chi connectivity index (χ0v) is 16.9. The van der Waals surface area contributed by atoms with E-state index in [4.69, 9.17) is 0 Å². The van der Waals surface area contributed by atoms with E-state index in [2.05, 4.69) is 91.1 Å². The first kappa shape index (κ1) is 18.9. The number of piperidine rings is 1. The van der Waals surface area contributed by atoms with Gasteiger partial charge in [-0.15, -0.1) is 0 Å². The smallest absolute Gasteiger partial charge is 0.191 e. The summed E-state index contributed by atoms with van der Waals surface area (Å²) >= 11 is 3.47. The van der Waals surface area contributed by atoms with Gasteiger partial charge in [0, 0.05) is 43.7 Å². The summed E-state index contributed by atoms with van der Waals surface area (Å²) in [7, 11) is 1.83. The van der Waals surface area contributed by atoms with Crippen molar-refractivity contribution in [3.63, 3.8) is 0 Å². The molecule has 0 aromatic heterocycles. The lowest BCUT2D eigenvalue weighted by Crippen LogP contribution is -2.48. The summed E-state index contributed by atoms with van der Waals surface area (Å²) in [5.41, 5.74) is 2.64. The number of benzene rings is 2. The quantitative estimate of drug-likeness (QED) is 0.577. The Bertz CT molecular complexity index is 692. The van der Waals surface area contributed by atoms with Crippen LogP contribution in [0.3, 0.4) is 0 Å². The molecule has 3 rings (SSSR count). The molecule has 0 spiro atoms. The maximum atomic E-state index is 4.37. The van der Waals surface area contributed by atoms with Crippen LogP contribution in [-0.2, 0) is 13.1 Å². The van der Waals surface area contributed by atoms with E-state index in [0.717, 1.165) is 49.5 Å². The Labute approximate surface area is 164 Å². The summed E-state index contributed by atoms with van der Waals surface area (Å²) in [5, 5.41) is 6.99. The van der Waals surface area contributed by atoms with Crippen LogP contribution in [0.15, 0.2) is 64.1 Å². The lowest BCUT2D eigenvalue weighted by Gasteiger charge is -2.33. The Hall–Kier alpha value is -1.85. The molecule has 2 aromatic rings. The number of aliphatic imine (C=N–C) groups is 1. The van der Waals surface area contributed by atoms with Crippen LogP contribution in [0.1, 0.15) is 24.0 Å². The second-order valence-corrected chi connectivity index (χ2v) is 7.65. The molecule has 0 radical (unpaired) electrons. The van der Waals surface area contributed by atoms with Crippen LogP contribution in [0.2, 0.25) is 0 Å². The normalized spacial score (nSPS) is 16.5. The van der Waals surface area contributed by atoms with Crippen molar-refractivity contribution in [3.8, 4) is 0 Å². The molecule has 0 unspecified atom stereocenters. The van der Waals surface area contributed by atoms with Crippen molar-refractivity contribution in [1.82, 2.24) is 15.5 Å². The van der Waals surface area contributed by atoms with Gasteiger partial charge < -0.3 is 10.6 Å². The first-order valence-electron chi connectivity index (χ1n) is 9.21. The maximum Gasteiger partial charge on any atom is 0.191 e. The van der Waals surface area contributed by atoms with Gasteiger partial charge in [0.1, 0.15) is 0 Å². The van der Waals surface area contributed by atoms with Crippen LogP contribution in [0.25, 0.3) is 0 Å². The molecule has 26 heavy (non-hydrogen) atoms. The Morgan fingerprint density at radius 2 is 1.73 bits per heavy atom. The van der Waals surface area contributed by atoms with Crippen molar-refractivity contribution >= 4 is 21.9 Å². The van der Waals surface area contributed by atoms with Crippen molar-refractivity contribution in [2.75, 3.05) is 20.1 Å². The van der Waals surface area contributed by atoms with Gasteiger partial charge in [0.25, 0.3) is 0 Å². The number of hydrogen-bond donors (Lipinski definition) is 2. The summed E-state index contributed by atoms with van der Waals surface area (Å²) < 4.78 is 1.10. The fraction of sp³-hybridized carbons (Fsp3) is 0.381. The molecule has 1 aliphatic rings. The zero-order valence-electron chi connectivity index (χ0n) is 15.3. The summed E-state index contributed by atoms with van der Waals surface area (Å²) in [4.78, 5) is 6.91. The predicted octanol–water partition coefficient (Wildman–Crippen LogP) is 3.78. The number of nitrogens with zero attached hydrogens (tertiary/aromatic N) is 2. The highest BCUT2D eigenvalue weighted by Crippen LogP contribution is 2.14. The van der Waals surface area contributed by atoms with Gasteiger partial charge in [0.2, 0.25) is 0 Å². The molecule has 1 aliphatic heterocycles. The van der Waals surface area contributed by atoms with Crippen molar-refractivity contribution in [3.05, 3.63) is 70.2 Å². The molecule has 1 heterocycles. The van der Waals surface area contributed by atoms with Crippen molar-refractivity contribution in [1.29, 1.82) is 0 Å². The van der Waals surface area contributed by atoms with Gasteiger partial charge in [-0.3, -0.25) is 9.89 Å². The molecule has 1 saturated heterocycles. The van der Waals surface area contributed by atoms with Gasteiger partial charge in [-0.25, -0.2) is 0 Å². The fourth-order valence-corrected chi connectivity index (χ4v) is 3.52. The highest BCUT2D eigenvalue weighted by Gasteiger charge is 2.19. The van der Waals surface area contributed by atoms with E-state index in [1.54, 1.807) is 0 Å². The third-order valence-electron chi connectivity index (χ3n) is 4.77. The molecule has 4 nitrogen and oxygen atoms in total. The number of halogens is 1. The van der Waals surface area contributed by atoms with Gasteiger partial charge in [-0.2, -0.15) is 0 Å². The minimum absolute atomic E-state index is 0.484. The summed E-state index contributed by atoms with van der Waals surface area (Å²) in [6.07, 6.45) is 2.29. The van der Waals surface area contributed by atoms with Crippen LogP contribution in [0, 0.1) is 0 Å². The molecule has 0 amide bonds. The lowest BCUT2D eigenvalue weighted by atomic mass is 10.0. The Balaban J connectivity index is 1.41. The molecule has 138 valence electrons. The number of nitrogens with one attached hydrogen (secondary N) is 2. The van der Waals surface area contributed by atoms with E-state index >= 15 is 0 Å². The van der Waals surface area contributed by atoms with E-state index in [0.29, 0.717) is 6.04 Å². The maximum absolute atomic E-state index is 4.37. The largest absolute Gasteiger partial charge is 0.354 e. The third kappa shape index (κ3) is 5.85. The molecule has 0 bridgehead atoms. The van der Waals surface area contributed by atoms with Gasteiger partial charge in [0.05, 0.1) is 0 Å². The first-order chi connectivity index (χ1) is 12.7. The second-order valence-electron chi connectivity index (χ2n) is 6.73. The van der Waals surface area contributed by atoms with Crippen LogP contribution in [0.4, 0.5) is 0 Å². The van der Waals surface area contributed by atoms with Gasteiger partial charge in [-0.05, 0) is 36.1 Å². The molecule has 5 heteroatoms. The van der Waals surface area contributed by atoms with Crippen LogP contribution < -0.4 is 10.6 Å². The van der Waals surface area contributed by atoms with Crippen molar-refractivity contribution in [2.45, 2.75) is 32.0 Å². The fourth-order valence-electron chi connectivity index (χ4n) is 3.25. The minimum atomic E-state index is 0.484. The summed E-state index contributed by atoms with van der Waals surface area (Å²) in [6, 6.07) is 19.6. The molecule has 0 saturated carbocycles. The van der Waals surface area contributed by atoms with Crippen LogP contribution in [0.5, 0.6) is 0 Å². The van der Waals surface area contributed by atoms with E-state index in [9.17, 15) is 0 Å². The SMILES string of the molecule is CN=C(NCc1ccc(Br)cc1)NC1CCN(Cc2ccccc2)CC1. The average molecular weight is 415 g/mol. The van der Waals surface area contributed by atoms with E-state index in [1.807, 2.05) is 7.05 Å². The van der Waals surface area contributed by atoms with Crippen molar-refractivity contribution in [2.24, 2.45) is 4.99 Å². The number of guanidine groups is 1. The highest BCUT2D eigenvalue weighted by molar-refractivity contribution is 9.10. The topological polar surface area (TPSA) is 39.7 Å². The second kappa shape index (κ2) is 9.74. The zero-order chi connectivity index (χ0) is 18.2. The lowest BCUT2D eigenvalue weighted by molar-refractivity contribution is 0.198. The Morgan fingerprint density at radius 3 is 2.38 bits per heavy atom. The number of rotatable bonds is 5. The van der Waals surface area contributed by atoms with Gasteiger partial charge in [0.15, 0.2) is 5.96 Å². The third-order valence-corrected chi connectivity index (χ3v) is 5.30. The molecule has 2 N–H and O–H groups in total. The van der Waals surface area contributed by atoms with E-state index in [-0.39, 0.29) is 0 Å². The molecule has 0 atom stereocenters. The first-order valence-corrected chi connectivity index (χ1v) is 10.00. The standard InChI is InChI=1S/C21H27BrN4/c1-23-21(24-15-17-7-9-19(22)10-8-17)25-20-11-13-26(14-12-20)16-18-5-3-2-4-6-18/h2-10,20H,11-16H2,1H3,(H2,23,24,25). The molecular formula is C21H27BrN4. The number of likely N-dealkylation sites (tertiary alicyclic amines) is 1.